The van der Waals surface area contributed by atoms with E-state index in [9.17, 15) is 14.4 Å². The SMILES string of the molecule is N/C(COc1cccc(CN2C(=O)c3cccc(NC(=O)c4ccc(Cl)s4)c3C2=O)c1)=N\O. The molecule has 0 saturated carbocycles. The summed E-state index contributed by atoms with van der Waals surface area (Å²) in [6.07, 6.45) is 0. The maximum absolute atomic E-state index is 13.1. The lowest BCUT2D eigenvalue weighted by Crippen LogP contribution is -2.29. The summed E-state index contributed by atoms with van der Waals surface area (Å²) in [6, 6.07) is 14.7. The molecular weight excluding hydrogens is 468 g/mol. The van der Waals surface area contributed by atoms with Gasteiger partial charge in [-0.2, -0.15) is 0 Å². The van der Waals surface area contributed by atoms with Gasteiger partial charge in [0.05, 0.1) is 32.6 Å². The van der Waals surface area contributed by atoms with Gasteiger partial charge in [0.2, 0.25) is 0 Å². The maximum Gasteiger partial charge on any atom is 0.265 e. The van der Waals surface area contributed by atoms with Crippen molar-refractivity contribution in [1.82, 2.24) is 4.90 Å². The number of thiophene rings is 1. The van der Waals surface area contributed by atoms with E-state index in [4.69, 9.17) is 27.3 Å². The van der Waals surface area contributed by atoms with Gasteiger partial charge in [-0.15, -0.1) is 11.3 Å². The molecular formula is C22H17ClN4O5S. The fourth-order valence-corrected chi connectivity index (χ4v) is 4.24. The molecule has 0 aliphatic carbocycles. The number of anilines is 1. The molecule has 4 N–H and O–H groups in total. The molecule has 0 fully saturated rings. The van der Waals surface area contributed by atoms with Gasteiger partial charge in [0, 0.05) is 0 Å². The van der Waals surface area contributed by atoms with Gasteiger partial charge in [-0.25, -0.2) is 0 Å². The first-order chi connectivity index (χ1) is 15.9. The summed E-state index contributed by atoms with van der Waals surface area (Å²) in [5.74, 6) is -1.07. The standard InChI is InChI=1S/C22H17ClN4O5S/c23-17-8-7-16(33-17)20(28)25-15-6-2-5-14-19(15)22(30)27(21(14)29)10-12-3-1-4-13(9-12)32-11-18(24)26-31/h1-9,31H,10-11H2,(H2,24,26)(H,25,28). The van der Waals surface area contributed by atoms with E-state index in [-0.39, 0.29) is 35.8 Å². The number of ether oxygens (including phenoxy) is 1. The second-order valence-corrected chi connectivity index (χ2v) is 8.72. The Kier molecular flexibility index (Phi) is 6.29. The monoisotopic (exact) mass is 484 g/mol. The third-order valence-electron chi connectivity index (χ3n) is 4.80. The summed E-state index contributed by atoms with van der Waals surface area (Å²) in [4.78, 5) is 40.1. The molecule has 0 atom stereocenters. The van der Waals surface area contributed by atoms with E-state index >= 15 is 0 Å². The summed E-state index contributed by atoms with van der Waals surface area (Å²) in [5, 5.41) is 14.1. The average molecular weight is 485 g/mol. The van der Waals surface area contributed by atoms with Crippen molar-refractivity contribution in [2.24, 2.45) is 10.9 Å². The molecule has 33 heavy (non-hydrogen) atoms. The Hall–Kier alpha value is -3.89. The Balaban J connectivity index is 1.54. The van der Waals surface area contributed by atoms with E-state index in [1.165, 1.54) is 0 Å². The number of carbonyl (C=O) groups is 3. The number of hydrogen-bond acceptors (Lipinski definition) is 7. The summed E-state index contributed by atoms with van der Waals surface area (Å²) < 4.78 is 5.89. The van der Waals surface area contributed by atoms with Crippen LogP contribution in [0.2, 0.25) is 4.34 Å². The Labute approximate surface area is 197 Å². The fraction of sp³-hybridized carbons (Fsp3) is 0.0909. The van der Waals surface area contributed by atoms with Gasteiger partial charge in [-0.1, -0.05) is 35.0 Å². The number of hydrogen-bond donors (Lipinski definition) is 3. The summed E-state index contributed by atoms with van der Waals surface area (Å²) in [6.45, 7) is -0.119. The van der Waals surface area contributed by atoms with Crippen molar-refractivity contribution in [1.29, 1.82) is 0 Å². The number of carbonyl (C=O) groups excluding carboxylic acids is 3. The van der Waals surface area contributed by atoms with E-state index in [0.29, 0.717) is 20.5 Å². The van der Waals surface area contributed by atoms with Crippen LogP contribution in [0, 0.1) is 0 Å². The predicted octanol–water partition coefficient (Wildman–Crippen LogP) is 3.58. The van der Waals surface area contributed by atoms with Crippen molar-refractivity contribution in [3.05, 3.63) is 80.5 Å². The molecule has 1 aliphatic heterocycles. The normalized spacial score (nSPS) is 13.2. The number of fused-ring (bicyclic) bond motifs is 1. The van der Waals surface area contributed by atoms with E-state index in [1.807, 2.05) is 0 Å². The molecule has 3 amide bonds. The first kappa shape index (κ1) is 22.3. The molecule has 0 spiro atoms. The maximum atomic E-state index is 13.1. The number of nitrogens with two attached hydrogens (primary N) is 1. The summed E-state index contributed by atoms with van der Waals surface area (Å²) in [7, 11) is 0. The Morgan fingerprint density at radius 3 is 2.67 bits per heavy atom. The molecule has 2 aromatic carbocycles. The van der Waals surface area contributed by atoms with Crippen molar-refractivity contribution < 1.29 is 24.3 Å². The van der Waals surface area contributed by atoms with Crippen LogP contribution in [-0.2, 0) is 6.54 Å². The molecule has 0 unspecified atom stereocenters. The van der Waals surface area contributed by atoms with Crippen LogP contribution in [0.3, 0.4) is 0 Å². The van der Waals surface area contributed by atoms with Gasteiger partial charge in [0.25, 0.3) is 17.7 Å². The van der Waals surface area contributed by atoms with Crippen LogP contribution >= 0.6 is 22.9 Å². The van der Waals surface area contributed by atoms with Crippen LogP contribution in [0.15, 0.2) is 59.8 Å². The van der Waals surface area contributed by atoms with Gasteiger partial charge < -0.3 is 21.0 Å². The number of oxime groups is 1. The average Bonchev–Trinajstić information content (AvgIpc) is 3.35. The third-order valence-corrected chi connectivity index (χ3v) is 6.03. The Morgan fingerprint density at radius 1 is 1.15 bits per heavy atom. The highest BCUT2D eigenvalue weighted by atomic mass is 35.5. The zero-order valence-corrected chi connectivity index (χ0v) is 18.5. The zero-order valence-electron chi connectivity index (χ0n) is 16.9. The fourth-order valence-electron chi connectivity index (χ4n) is 3.30. The van der Waals surface area contributed by atoms with Crippen LogP contribution in [0.5, 0.6) is 5.75 Å². The number of nitrogens with one attached hydrogen (secondary N) is 1. The number of amides is 3. The lowest BCUT2D eigenvalue weighted by Gasteiger charge is -2.15. The topological polar surface area (TPSA) is 134 Å². The minimum absolute atomic E-state index is 0.00103. The number of benzene rings is 2. The van der Waals surface area contributed by atoms with Gasteiger partial charge >= 0.3 is 0 Å². The number of amidine groups is 1. The lowest BCUT2D eigenvalue weighted by atomic mass is 10.1. The predicted molar refractivity (Wildman–Crippen MR) is 123 cm³/mol. The highest BCUT2D eigenvalue weighted by Crippen LogP contribution is 2.32. The lowest BCUT2D eigenvalue weighted by molar-refractivity contribution is 0.0642. The molecule has 1 aliphatic rings. The highest BCUT2D eigenvalue weighted by molar-refractivity contribution is 7.18. The van der Waals surface area contributed by atoms with Crippen LogP contribution < -0.4 is 15.8 Å². The third kappa shape index (κ3) is 4.66. The molecule has 168 valence electrons. The van der Waals surface area contributed by atoms with Gasteiger partial charge in [0.15, 0.2) is 5.84 Å². The molecule has 1 aromatic heterocycles. The molecule has 0 saturated heterocycles. The molecule has 9 nitrogen and oxygen atoms in total. The van der Waals surface area contributed by atoms with E-state index < -0.39 is 17.7 Å². The molecule has 3 aromatic rings. The summed E-state index contributed by atoms with van der Waals surface area (Å²) >= 11 is 7.00. The van der Waals surface area contributed by atoms with Crippen molar-refractivity contribution in [3.63, 3.8) is 0 Å². The molecule has 0 radical (unpaired) electrons. The van der Waals surface area contributed by atoms with Crippen LogP contribution in [0.25, 0.3) is 0 Å². The zero-order chi connectivity index (χ0) is 23.5. The molecule has 11 heteroatoms. The van der Waals surface area contributed by atoms with Gasteiger partial charge in [-0.3, -0.25) is 19.3 Å². The smallest absolute Gasteiger partial charge is 0.265 e. The minimum atomic E-state index is -0.516. The highest BCUT2D eigenvalue weighted by Gasteiger charge is 2.37. The number of nitrogens with zero attached hydrogens (tertiary/aromatic N) is 2. The summed E-state index contributed by atoms with van der Waals surface area (Å²) in [5.41, 5.74) is 6.64. The quantitative estimate of drug-likeness (QED) is 0.154. The minimum Gasteiger partial charge on any atom is -0.486 e. The Morgan fingerprint density at radius 2 is 1.94 bits per heavy atom. The Bertz CT molecular complexity index is 1290. The van der Waals surface area contributed by atoms with E-state index in [2.05, 4.69) is 10.5 Å². The first-order valence-corrected chi connectivity index (χ1v) is 10.8. The van der Waals surface area contributed by atoms with Crippen molar-refractivity contribution in [3.8, 4) is 5.75 Å². The van der Waals surface area contributed by atoms with Crippen molar-refractivity contribution in [2.75, 3.05) is 11.9 Å². The van der Waals surface area contributed by atoms with Crippen LogP contribution in [0.4, 0.5) is 5.69 Å². The first-order valence-electron chi connectivity index (χ1n) is 9.61. The van der Waals surface area contributed by atoms with Crippen molar-refractivity contribution >= 4 is 52.2 Å². The number of halogens is 1. The second kappa shape index (κ2) is 9.31. The van der Waals surface area contributed by atoms with Crippen molar-refractivity contribution in [2.45, 2.75) is 6.54 Å². The van der Waals surface area contributed by atoms with Crippen LogP contribution in [0.1, 0.15) is 36.0 Å². The number of rotatable bonds is 7. The molecule has 2 heterocycles. The van der Waals surface area contributed by atoms with E-state index in [1.54, 1.807) is 54.6 Å². The largest absolute Gasteiger partial charge is 0.486 e. The van der Waals surface area contributed by atoms with Gasteiger partial charge in [-0.05, 0) is 42.0 Å². The second-order valence-electron chi connectivity index (χ2n) is 7.01. The van der Waals surface area contributed by atoms with Gasteiger partial charge in [0.1, 0.15) is 12.4 Å². The molecule has 0 bridgehead atoms. The van der Waals surface area contributed by atoms with E-state index in [0.717, 1.165) is 16.2 Å². The molecule has 4 rings (SSSR count). The van der Waals surface area contributed by atoms with Crippen LogP contribution in [-0.4, -0.2) is 40.3 Å². The number of imide groups is 1.